The van der Waals surface area contributed by atoms with Crippen LogP contribution in [0.2, 0.25) is 5.02 Å². The molecule has 142 valence electrons. The lowest BCUT2D eigenvalue weighted by Gasteiger charge is -2.31. The van der Waals surface area contributed by atoms with Crippen LogP contribution >= 0.6 is 23.5 Å². The van der Waals surface area contributed by atoms with E-state index >= 15 is 0 Å². The minimum absolute atomic E-state index is 0.0433. The van der Waals surface area contributed by atoms with Crippen LogP contribution in [0.5, 0.6) is 5.75 Å². The van der Waals surface area contributed by atoms with Gasteiger partial charge >= 0.3 is 6.18 Å². The fraction of sp³-hybridized carbons (Fsp3) is 0.471. The number of benzene rings is 1. The molecule has 0 unspecified atom stereocenters. The Bertz CT molecular complexity index is 754. The number of hydrogen-bond acceptors (Lipinski definition) is 4. The van der Waals surface area contributed by atoms with Gasteiger partial charge in [0.25, 0.3) is 0 Å². The minimum atomic E-state index is -4.49. The van der Waals surface area contributed by atoms with Gasteiger partial charge in [0.1, 0.15) is 11.9 Å². The molecule has 1 aromatic carbocycles. The first-order valence-electron chi connectivity index (χ1n) is 8.22. The zero-order valence-corrected chi connectivity index (χ0v) is 15.9. The Kier molecular flexibility index (Phi) is 5.74. The topological polar surface area (TPSA) is 41.2 Å². The normalized spacial score (nSPS) is 16.8. The van der Waals surface area contributed by atoms with Crippen molar-refractivity contribution in [2.45, 2.75) is 43.9 Å². The van der Waals surface area contributed by atoms with Crippen molar-refractivity contribution in [3.63, 3.8) is 0 Å². The molecule has 26 heavy (non-hydrogen) atoms. The van der Waals surface area contributed by atoms with Crippen LogP contribution in [0.1, 0.15) is 29.8 Å². The monoisotopic (exact) mass is 405 g/mol. The van der Waals surface area contributed by atoms with Crippen molar-refractivity contribution < 1.29 is 17.9 Å². The van der Waals surface area contributed by atoms with E-state index in [9.17, 15) is 13.2 Å². The lowest BCUT2D eigenvalue weighted by Crippen LogP contribution is -2.34. The third kappa shape index (κ3) is 4.47. The van der Waals surface area contributed by atoms with E-state index in [4.69, 9.17) is 16.3 Å². The highest BCUT2D eigenvalue weighted by Gasteiger charge is 2.35. The highest BCUT2D eigenvalue weighted by Crippen LogP contribution is 2.39. The molecule has 0 saturated carbocycles. The number of rotatable bonds is 4. The van der Waals surface area contributed by atoms with Crippen molar-refractivity contribution >= 4 is 23.5 Å². The number of nitrogens with one attached hydrogen (secondary N) is 1. The molecule has 3 rings (SSSR count). The summed E-state index contributed by atoms with van der Waals surface area (Å²) in [6.07, 6.45) is -3.43. The number of H-pyrrole nitrogens is 1. The Morgan fingerprint density at radius 2 is 1.96 bits per heavy atom. The van der Waals surface area contributed by atoms with E-state index in [0.29, 0.717) is 12.8 Å². The summed E-state index contributed by atoms with van der Waals surface area (Å²) in [5.41, 5.74) is 1.13. The minimum Gasteiger partial charge on any atom is -0.490 e. The summed E-state index contributed by atoms with van der Waals surface area (Å²) in [6, 6.07) is 3.62. The number of aromatic amines is 1. The van der Waals surface area contributed by atoms with Gasteiger partial charge in [-0.15, -0.1) is 0 Å². The van der Waals surface area contributed by atoms with Gasteiger partial charge in [-0.2, -0.15) is 18.3 Å². The van der Waals surface area contributed by atoms with Crippen LogP contribution in [-0.4, -0.2) is 33.7 Å². The number of piperidine rings is 1. The predicted molar refractivity (Wildman–Crippen MR) is 95.6 cm³/mol. The number of aromatic nitrogens is 2. The van der Waals surface area contributed by atoms with Gasteiger partial charge in [0, 0.05) is 23.8 Å². The molecule has 1 aliphatic rings. The molecule has 1 saturated heterocycles. The second kappa shape index (κ2) is 7.70. The van der Waals surface area contributed by atoms with E-state index in [1.54, 1.807) is 11.9 Å². The van der Waals surface area contributed by atoms with Gasteiger partial charge in [0.15, 0.2) is 0 Å². The first-order valence-corrected chi connectivity index (χ1v) is 9.37. The number of ether oxygens (including phenoxy) is 1. The number of aryl methyl sites for hydroxylation is 2. The third-order valence-electron chi connectivity index (χ3n) is 4.22. The van der Waals surface area contributed by atoms with E-state index in [1.165, 1.54) is 12.1 Å². The highest BCUT2D eigenvalue weighted by atomic mass is 35.5. The first-order chi connectivity index (χ1) is 12.2. The van der Waals surface area contributed by atoms with Gasteiger partial charge in [-0.1, -0.05) is 11.6 Å². The molecule has 1 fully saturated rings. The van der Waals surface area contributed by atoms with Gasteiger partial charge in [0.2, 0.25) is 0 Å². The van der Waals surface area contributed by atoms with Gasteiger partial charge in [-0.25, -0.2) is 4.31 Å². The fourth-order valence-corrected chi connectivity index (χ4v) is 4.04. The molecule has 0 aliphatic carbocycles. The lowest BCUT2D eigenvalue weighted by atomic mass is 10.1. The number of hydrogen-bond donors (Lipinski definition) is 1. The Labute approximate surface area is 159 Å². The molecule has 1 aromatic heterocycles. The summed E-state index contributed by atoms with van der Waals surface area (Å²) in [4.78, 5) is 1.10. The highest BCUT2D eigenvalue weighted by molar-refractivity contribution is 7.97. The lowest BCUT2D eigenvalue weighted by molar-refractivity contribution is -0.139. The summed E-state index contributed by atoms with van der Waals surface area (Å²) in [5, 5.41) is 7.17. The van der Waals surface area contributed by atoms with Crippen LogP contribution in [0, 0.1) is 13.8 Å². The summed E-state index contributed by atoms with van der Waals surface area (Å²) >= 11 is 7.33. The summed E-state index contributed by atoms with van der Waals surface area (Å²) in [7, 11) is 0. The average molecular weight is 406 g/mol. The summed E-state index contributed by atoms with van der Waals surface area (Å²) in [5.74, 6) is -0.158. The van der Waals surface area contributed by atoms with E-state index < -0.39 is 11.7 Å². The van der Waals surface area contributed by atoms with E-state index in [1.807, 2.05) is 13.8 Å². The Balaban J connectivity index is 1.61. The third-order valence-corrected chi connectivity index (χ3v) is 5.87. The molecule has 0 atom stereocenters. The molecule has 0 spiro atoms. The van der Waals surface area contributed by atoms with Crippen molar-refractivity contribution in [3.05, 3.63) is 40.2 Å². The van der Waals surface area contributed by atoms with Crippen LogP contribution in [0.15, 0.2) is 23.1 Å². The molecular formula is C17H19ClF3N3OS. The SMILES string of the molecule is Cc1n[nH]c(C)c1SN1CCC(Oc2ccc(Cl)cc2C(F)(F)F)CC1. The van der Waals surface area contributed by atoms with Crippen LogP contribution in [0.25, 0.3) is 0 Å². The second-order valence-corrected chi connectivity index (χ2v) is 7.78. The number of alkyl halides is 3. The van der Waals surface area contributed by atoms with E-state index in [0.717, 1.165) is 35.4 Å². The molecule has 9 heteroatoms. The largest absolute Gasteiger partial charge is 0.490 e. The first kappa shape index (κ1) is 19.4. The Morgan fingerprint density at radius 3 is 2.54 bits per heavy atom. The molecule has 1 N–H and O–H groups in total. The maximum Gasteiger partial charge on any atom is 0.420 e. The molecule has 1 aliphatic heterocycles. The number of halogens is 4. The molecule has 2 heterocycles. The quantitative estimate of drug-likeness (QED) is 0.705. The van der Waals surface area contributed by atoms with E-state index in [2.05, 4.69) is 14.5 Å². The summed E-state index contributed by atoms with van der Waals surface area (Å²) in [6.45, 7) is 5.38. The molecule has 0 bridgehead atoms. The van der Waals surface area contributed by atoms with Crippen LogP contribution < -0.4 is 4.74 Å². The average Bonchev–Trinajstić information content (AvgIpc) is 2.89. The van der Waals surface area contributed by atoms with Crippen molar-refractivity contribution in [1.82, 2.24) is 14.5 Å². The zero-order valence-electron chi connectivity index (χ0n) is 14.4. The standard InChI is InChI=1S/C17H19ClF3N3OS/c1-10-16(11(2)23-22-10)26-24-7-5-13(6-8-24)25-15-4-3-12(18)9-14(15)17(19,20)21/h3-4,9,13H,5-8H2,1-2H3,(H,22,23). The molecule has 2 aromatic rings. The number of nitrogens with zero attached hydrogens (tertiary/aromatic N) is 2. The molecule has 4 nitrogen and oxygen atoms in total. The Morgan fingerprint density at radius 1 is 1.27 bits per heavy atom. The molecule has 0 amide bonds. The predicted octanol–water partition coefficient (Wildman–Crippen LogP) is 5.25. The zero-order chi connectivity index (χ0) is 18.9. The van der Waals surface area contributed by atoms with Crippen LogP contribution in [0.4, 0.5) is 13.2 Å². The van der Waals surface area contributed by atoms with E-state index in [-0.39, 0.29) is 16.9 Å². The van der Waals surface area contributed by atoms with Crippen LogP contribution in [0.3, 0.4) is 0 Å². The van der Waals surface area contributed by atoms with Crippen molar-refractivity contribution in [3.8, 4) is 5.75 Å². The molecule has 0 radical (unpaired) electrons. The van der Waals surface area contributed by atoms with Crippen molar-refractivity contribution in [2.75, 3.05) is 13.1 Å². The van der Waals surface area contributed by atoms with Gasteiger partial charge in [-0.05, 0) is 56.8 Å². The molecular weight excluding hydrogens is 387 g/mol. The van der Waals surface area contributed by atoms with Crippen molar-refractivity contribution in [2.24, 2.45) is 0 Å². The maximum atomic E-state index is 13.2. The Hall–Kier alpha value is -1.38. The maximum absolute atomic E-state index is 13.2. The summed E-state index contributed by atoms with van der Waals surface area (Å²) < 4.78 is 47.4. The second-order valence-electron chi connectivity index (χ2n) is 6.24. The van der Waals surface area contributed by atoms with Crippen molar-refractivity contribution in [1.29, 1.82) is 0 Å². The van der Waals surface area contributed by atoms with Gasteiger partial charge < -0.3 is 4.74 Å². The van der Waals surface area contributed by atoms with Gasteiger partial charge in [0.05, 0.1) is 16.2 Å². The smallest absolute Gasteiger partial charge is 0.420 e. The van der Waals surface area contributed by atoms with Crippen LogP contribution in [-0.2, 0) is 6.18 Å². The fourth-order valence-electron chi connectivity index (χ4n) is 2.85. The van der Waals surface area contributed by atoms with Gasteiger partial charge in [-0.3, -0.25) is 5.10 Å².